The van der Waals surface area contributed by atoms with Crippen LogP contribution in [0.4, 0.5) is 5.69 Å². The molecule has 41 heavy (non-hydrogen) atoms. The number of nitrogens with zero attached hydrogens (tertiary/aromatic N) is 3. The number of pyridine rings is 1. The van der Waals surface area contributed by atoms with E-state index in [0.29, 0.717) is 11.3 Å². The molecule has 2 amide bonds. The molecule has 0 aliphatic rings. The second kappa shape index (κ2) is 12.3. The molecule has 9 heteroatoms. The van der Waals surface area contributed by atoms with Crippen LogP contribution in [0, 0.1) is 16.7 Å². The number of benzene rings is 2. The summed E-state index contributed by atoms with van der Waals surface area (Å²) in [5.74, 6) is -2.13. The molecule has 0 aliphatic heterocycles. The van der Waals surface area contributed by atoms with Crippen LogP contribution in [0.3, 0.4) is 0 Å². The summed E-state index contributed by atoms with van der Waals surface area (Å²) in [6.45, 7) is 5.47. The van der Waals surface area contributed by atoms with Crippen LogP contribution in [0.5, 0.6) is 0 Å². The minimum atomic E-state index is -1.14. The van der Waals surface area contributed by atoms with Crippen LogP contribution < -0.4 is 10.6 Å². The average molecular weight is 550 g/mol. The Balaban J connectivity index is 1.54. The van der Waals surface area contributed by atoms with Gasteiger partial charge in [0.2, 0.25) is 11.8 Å². The topological polar surface area (TPSA) is 137 Å². The largest absolute Gasteiger partial charge is 0.481 e. The van der Waals surface area contributed by atoms with E-state index in [2.05, 4.69) is 21.7 Å². The molecule has 2 aromatic carbocycles. The molecule has 4 aromatic rings. The molecular weight excluding hydrogens is 518 g/mol. The van der Waals surface area contributed by atoms with E-state index in [0.717, 1.165) is 22.3 Å². The van der Waals surface area contributed by atoms with E-state index in [1.807, 2.05) is 63.2 Å². The number of carboxylic acids is 1. The highest BCUT2D eigenvalue weighted by Crippen LogP contribution is 2.28. The molecule has 9 nitrogen and oxygen atoms in total. The molecular formula is C32H31N5O4. The Morgan fingerprint density at radius 2 is 1.44 bits per heavy atom. The van der Waals surface area contributed by atoms with E-state index in [4.69, 9.17) is 5.26 Å². The first-order chi connectivity index (χ1) is 19.5. The van der Waals surface area contributed by atoms with Gasteiger partial charge in [0, 0.05) is 30.5 Å². The highest BCUT2D eigenvalue weighted by atomic mass is 16.4. The quantitative estimate of drug-likeness (QED) is 0.260. The first-order valence-corrected chi connectivity index (χ1v) is 13.1. The lowest BCUT2D eigenvalue weighted by Crippen LogP contribution is -2.53. The van der Waals surface area contributed by atoms with Gasteiger partial charge in [0.15, 0.2) is 0 Å². The van der Waals surface area contributed by atoms with Crippen LogP contribution in [-0.4, -0.2) is 38.5 Å². The zero-order chi connectivity index (χ0) is 29.6. The number of carboxylic acid groups (broad SMARTS) is 1. The number of carbonyl (C=O) groups excluding carboxylic acids is 2. The number of amides is 2. The third kappa shape index (κ3) is 7.25. The lowest BCUT2D eigenvalue weighted by Gasteiger charge is -2.31. The standard InChI is InChI=1S/C32H31N5O4/c1-32(2,3)29(31(41)35-26-12-15-34-16-13-26)36-30(40)27(18-28(38)39)37-17-14-25(20-37)24-10-8-23(9-11-24)22-6-4-21(19-33)5-7-22/h4-17,20,27,29H,18H2,1-3H3,(H,36,40)(H,38,39)(H,34,35,41)/t27-,29-/m1/s1. The molecule has 0 unspecified atom stereocenters. The van der Waals surface area contributed by atoms with Crippen LogP contribution in [0.25, 0.3) is 22.3 Å². The fraction of sp³-hybridized carbons (Fsp3) is 0.219. The second-order valence-electron chi connectivity index (χ2n) is 10.8. The van der Waals surface area contributed by atoms with Crippen molar-refractivity contribution < 1.29 is 19.5 Å². The van der Waals surface area contributed by atoms with Crippen molar-refractivity contribution in [3.05, 3.63) is 97.1 Å². The van der Waals surface area contributed by atoms with Gasteiger partial charge in [-0.2, -0.15) is 5.26 Å². The van der Waals surface area contributed by atoms with E-state index < -0.39 is 41.7 Å². The summed E-state index contributed by atoms with van der Waals surface area (Å²) >= 11 is 0. The number of nitrogens with one attached hydrogen (secondary N) is 2. The maximum Gasteiger partial charge on any atom is 0.306 e. The van der Waals surface area contributed by atoms with Gasteiger partial charge >= 0.3 is 5.97 Å². The molecule has 2 heterocycles. The van der Waals surface area contributed by atoms with Gasteiger partial charge in [-0.3, -0.25) is 19.4 Å². The highest BCUT2D eigenvalue weighted by molar-refractivity contribution is 5.98. The van der Waals surface area contributed by atoms with E-state index in [-0.39, 0.29) is 0 Å². The zero-order valence-electron chi connectivity index (χ0n) is 23.0. The Kier molecular flexibility index (Phi) is 8.63. The van der Waals surface area contributed by atoms with Crippen molar-refractivity contribution >= 4 is 23.5 Å². The summed E-state index contributed by atoms with van der Waals surface area (Å²) in [5, 5.41) is 24.2. The summed E-state index contributed by atoms with van der Waals surface area (Å²) < 4.78 is 1.56. The number of hydrogen-bond acceptors (Lipinski definition) is 5. The predicted octanol–water partition coefficient (Wildman–Crippen LogP) is 5.27. The van der Waals surface area contributed by atoms with Crippen LogP contribution in [-0.2, 0) is 14.4 Å². The lowest BCUT2D eigenvalue weighted by molar-refractivity contribution is -0.141. The molecule has 0 saturated carbocycles. The zero-order valence-corrected chi connectivity index (χ0v) is 23.0. The highest BCUT2D eigenvalue weighted by Gasteiger charge is 2.35. The number of nitriles is 1. The molecule has 0 spiro atoms. The molecule has 208 valence electrons. The number of rotatable bonds is 9. The molecule has 3 N–H and O–H groups in total. The Morgan fingerprint density at radius 1 is 0.878 bits per heavy atom. The number of carbonyl (C=O) groups is 3. The van der Waals surface area contributed by atoms with Crippen molar-refractivity contribution in [3.8, 4) is 28.3 Å². The Hall–Kier alpha value is -5.23. The van der Waals surface area contributed by atoms with Gasteiger partial charge in [0.1, 0.15) is 12.1 Å². The smallest absolute Gasteiger partial charge is 0.306 e. The molecule has 4 rings (SSSR count). The Morgan fingerprint density at radius 3 is 1.98 bits per heavy atom. The fourth-order valence-electron chi connectivity index (χ4n) is 4.43. The number of aliphatic carboxylic acids is 1. The van der Waals surface area contributed by atoms with E-state index in [1.54, 1.807) is 53.6 Å². The summed E-state index contributed by atoms with van der Waals surface area (Å²) in [5.41, 5.74) is 4.14. The van der Waals surface area contributed by atoms with Crippen LogP contribution in [0.1, 0.15) is 38.8 Å². The third-order valence-electron chi connectivity index (χ3n) is 6.67. The van der Waals surface area contributed by atoms with Crippen molar-refractivity contribution in [1.29, 1.82) is 5.26 Å². The van der Waals surface area contributed by atoms with Crippen molar-refractivity contribution in [2.75, 3.05) is 5.32 Å². The summed E-state index contributed by atoms with van der Waals surface area (Å²) in [4.78, 5) is 42.3. The summed E-state index contributed by atoms with van der Waals surface area (Å²) in [6, 6.07) is 20.3. The number of anilines is 1. The maximum atomic E-state index is 13.5. The van der Waals surface area contributed by atoms with E-state index >= 15 is 0 Å². The molecule has 0 radical (unpaired) electrons. The Labute approximate surface area is 238 Å². The van der Waals surface area contributed by atoms with Gasteiger partial charge in [0.25, 0.3) is 0 Å². The summed E-state index contributed by atoms with van der Waals surface area (Å²) in [7, 11) is 0. The SMILES string of the molecule is CC(C)(C)[C@H](NC(=O)[C@@H](CC(=O)O)n1ccc(-c2ccc(-c3ccc(C#N)cc3)cc2)c1)C(=O)Nc1ccncc1. The predicted molar refractivity (Wildman–Crippen MR) is 156 cm³/mol. The molecule has 0 bridgehead atoms. The van der Waals surface area contributed by atoms with Gasteiger partial charge in [-0.05, 0) is 58.0 Å². The van der Waals surface area contributed by atoms with Gasteiger partial charge in [-0.25, -0.2) is 0 Å². The minimum absolute atomic E-state index is 0.415. The van der Waals surface area contributed by atoms with Gasteiger partial charge < -0.3 is 20.3 Å². The number of aromatic nitrogens is 2. The monoisotopic (exact) mass is 549 g/mol. The molecule has 2 atom stereocenters. The van der Waals surface area contributed by atoms with Crippen molar-refractivity contribution in [3.63, 3.8) is 0 Å². The van der Waals surface area contributed by atoms with Crippen molar-refractivity contribution in [1.82, 2.24) is 14.9 Å². The van der Waals surface area contributed by atoms with Crippen molar-refractivity contribution in [2.24, 2.45) is 5.41 Å². The van der Waals surface area contributed by atoms with Gasteiger partial charge in [-0.1, -0.05) is 57.2 Å². The first kappa shape index (κ1) is 28.8. The van der Waals surface area contributed by atoms with Gasteiger partial charge in [-0.15, -0.1) is 0 Å². The van der Waals surface area contributed by atoms with E-state index in [9.17, 15) is 19.5 Å². The number of hydrogen-bond donors (Lipinski definition) is 3. The maximum absolute atomic E-state index is 13.5. The van der Waals surface area contributed by atoms with Gasteiger partial charge in [0.05, 0.1) is 18.1 Å². The van der Waals surface area contributed by atoms with Crippen LogP contribution in [0.15, 0.2) is 91.5 Å². The minimum Gasteiger partial charge on any atom is -0.481 e. The van der Waals surface area contributed by atoms with Crippen LogP contribution >= 0.6 is 0 Å². The first-order valence-electron chi connectivity index (χ1n) is 13.1. The second-order valence-corrected chi connectivity index (χ2v) is 10.8. The van der Waals surface area contributed by atoms with Crippen molar-refractivity contribution in [2.45, 2.75) is 39.3 Å². The normalized spacial score (nSPS) is 12.5. The molecule has 0 fully saturated rings. The Bertz CT molecular complexity index is 1560. The molecule has 2 aromatic heterocycles. The third-order valence-corrected chi connectivity index (χ3v) is 6.67. The molecule has 0 aliphatic carbocycles. The van der Waals surface area contributed by atoms with Crippen LogP contribution in [0.2, 0.25) is 0 Å². The average Bonchev–Trinajstić information content (AvgIpc) is 3.44. The summed E-state index contributed by atoms with van der Waals surface area (Å²) in [6.07, 6.45) is 6.04. The lowest BCUT2D eigenvalue weighted by atomic mass is 9.85. The van der Waals surface area contributed by atoms with E-state index in [1.165, 1.54) is 0 Å². The molecule has 0 saturated heterocycles. The fourth-order valence-corrected chi connectivity index (χ4v) is 4.43.